The lowest BCUT2D eigenvalue weighted by molar-refractivity contribution is -0.148. The highest BCUT2D eigenvalue weighted by Crippen LogP contribution is 2.34. The lowest BCUT2D eigenvalue weighted by atomic mass is 10.00. The number of aliphatic carboxylic acids is 1. The number of oxime groups is 1. The summed E-state index contributed by atoms with van der Waals surface area (Å²) in [6.45, 7) is 5.14. The normalized spacial score (nSPS) is 14.9. The lowest BCUT2D eigenvalue weighted by Crippen LogP contribution is -2.21. The van der Waals surface area contributed by atoms with E-state index in [0.29, 0.717) is 12.3 Å². The Morgan fingerprint density at radius 2 is 1.47 bits per heavy atom. The van der Waals surface area contributed by atoms with Crippen molar-refractivity contribution < 1.29 is 19.5 Å². The minimum absolute atomic E-state index is 0.0710. The summed E-state index contributed by atoms with van der Waals surface area (Å²) < 4.78 is 0. The Morgan fingerprint density at radius 3 is 2.07 bits per heavy atom. The average molecular weight is 784 g/mol. The second-order valence-corrected chi connectivity index (χ2v) is 15.0. The molecule has 4 heterocycles. The summed E-state index contributed by atoms with van der Waals surface area (Å²) in [7, 11) is 0. The standard InChI is InChI=1S/C44H53N5O4.C3H4N2/c1-2-3-4-5-6-7-8-9-10-11-28-45-40(50)27-16-32-14-17-34(18-15-32)41-42(35-21-19-33(20-22-35)38-31-39(44(51)52)53-48-38)47-43(46-41)36-23-25-37(26-24-36)49-29-12-13-30-49;1-2-5-3-4-1/h14-27,39H,2-13,28-31H2,1H3,(H,45,50)(H,46,47)(H,51,52);1-3H,(H,4,5). The van der Waals surface area contributed by atoms with Gasteiger partial charge in [0.2, 0.25) is 12.0 Å². The molecule has 5 aromatic rings. The minimum atomic E-state index is -1.02. The van der Waals surface area contributed by atoms with E-state index in [1.165, 1.54) is 69.9 Å². The Labute approximate surface area is 342 Å². The van der Waals surface area contributed by atoms with E-state index in [-0.39, 0.29) is 12.3 Å². The van der Waals surface area contributed by atoms with E-state index in [4.69, 9.17) is 9.82 Å². The van der Waals surface area contributed by atoms with Gasteiger partial charge < -0.3 is 30.1 Å². The van der Waals surface area contributed by atoms with Crippen molar-refractivity contribution in [2.45, 2.75) is 96.5 Å². The van der Waals surface area contributed by atoms with Gasteiger partial charge in [-0.2, -0.15) is 0 Å². The number of benzene rings is 3. The van der Waals surface area contributed by atoms with Crippen molar-refractivity contribution in [3.63, 3.8) is 0 Å². The number of carboxylic acid groups (broad SMARTS) is 1. The zero-order valence-electron chi connectivity index (χ0n) is 33.7. The van der Waals surface area contributed by atoms with E-state index in [2.05, 4.69) is 61.5 Å². The Hall–Kier alpha value is -5.97. The molecule has 1 atom stereocenters. The first-order valence-corrected chi connectivity index (χ1v) is 21.0. The van der Waals surface area contributed by atoms with Crippen LogP contribution >= 0.6 is 0 Å². The third kappa shape index (κ3) is 12.3. The van der Waals surface area contributed by atoms with Crippen LogP contribution in [0.5, 0.6) is 0 Å². The topological polar surface area (TPSA) is 149 Å². The number of anilines is 1. The number of imidazole rings is 2. The molecule has 0 spiro atoms. The number of carboxylic acids is 1. The highest BCUT2D eigenvalue weighted by Gasteiger charge is 2.28. The number of aromatic nitrogens is 4. The van der Waals surface area contributed by atoms with Crippen LogP contribution in [0, 0.1) is 0 Å². The SMILES string of the molecule is CCCCCCCCCCCCNC(=O)C=Cc1ccc(-c2[nH]c(-c3ccc(N4CCCC4)cc3)nc2-c2ccc(C3=NOC(C(=O)O)C3)cc2)cc1.c1c[nH]cn1. The van der Waals surface area contributed by atoms with Crippen molar-refractivity contribution in [3.8, 4) is 33.9 Å². The zero-order valence-corrected chi connectivity index (χ0v) is 33.7. The molecule has 0 saturated carbocycles. The molecule has 7 rings (SSSR count). The number of amides is 1. The molecule has 1 unspecified atom stereocenters. The number of aromatic amines is 2. The van der Waals surface area contributed by atoms with Crippen LogP contribution in [-0.4, -0.2) is 68.4 Å². The fourth-order valence-electron chi connectivity index (χ4n) is 7.26. The first kappa shape index (κ1) is 41.7. The zero-order chi connectivity index (χ0) is 40.4. The van der Waals surface area contributed by atoms with Gasteiger partial charge in [0.05, 0.1) is 23.4 Å². The van der Waals surface area contributed by atoms with Gasteiger partial charge in [0.25, 0.3) is 0 Å². The summed E-state index contributed by atoms with van der Waals surface area (Å²) >= 11 is 0. The fourth-order valence-corrected chi connectivity index (χ4v) is 7.26. The van der Waals surface area contributed by atoms with Gasteiger partial charge in [0.1, 0.15) is 5.82 Å². The lowest BCUT2D eigenvalue weighted by Gasteiger charge is -2.17. The predicted molar refractivity (Wildman–Crippen MR) is 232 cm³/mol. The van der Waals surface area contributed by atoms with E-state index < -0.39 is 12.1 Å². The second-order valence-electron chi connectivity index (χ2n) is 15.0. The molecule has 1 amide bonds. The van der Waals surface area contributed by atoms with E-state index in [1.54, 1.807) is 24.8 Å². The molecule has 2 aromatic heterocycles. The molecular formula is C47H57N7O4. The van der Waals surface area contributed by atoms with E-state index in [0.717, 1.165) is 71.0 Å². The van der Waals surface area contributed by atoms with Gasteiger partial charge in [-0.25, -0.2) is 14.8 Å². The Morgan fingerprint density at radius 1 is 0.828 bits per heavy atom. The number of nitrogens with zero attached hydrogens (tertiary/aromatic N) is 4. The molecule has 2 aliphatic heterocycles. The van der Waals surface area contributed by atoms with Gasteiger partial charge in [-0.3, -0.25) is 4.79 Å². The third-order valence-electron chi connectivity index (χ3n) is 10.6. The molecule has 0 bridgehead atoms. The third-order valence-corrected chi connectivity index (χ3v) is 10.6. The molecule has 304 valence electrons. The quantitative estimate of drug-likeness (QED) is 0.0481. The number of nitrogens with one attached hydrogen (secondary N) is 3. The summed E-state index contributed by atoms with van der Waals surface area (Å²) in [6.07, 6.45) is 23.0. The van der Waals surface area contributed by atoms with Crippen molar-refractivity contribution in [1.29, 1.82) is 0 Å². The first-order valence-electron chi connectivity index (χ1n) is 21.0. The Balaban J connectivity index is 0.00000105. The van der Waals surface area contributed by atoms with Gasteiger partial charge in [0, 0.05) is 66.9 Å². The van der Waals surface area contributed by atoms with Crippen LogP contribution in [0.4, 0.5) is 5.69 Å². The van der Waals surface area contributed by atoms with Crippen LogP contribution in [0.1, 0.15) is 102 Å². The molecule has 1 saturated heterocycles. The highest BCUT2D eigenvalue weighted by atomic mass is 16.7. The highest BCUT2D eigenvalue weighted by molar-refractivity contribution is 6.03. The van der Waals surface area contributed by atoms with Crippen LogP contribution in [0.2, 0.25) is 0 Å². The van der Waals surface area contributed by atoms with Crippen LogP contribution in [-0.2, 0) is 14.4 Å². The average Bonchev–Trinajstić information content (AvgIpc) is 4.11. The number of H-pyrrole nitrogens is 2. The minimum Gasteiger partial charge on any atom is -0.478 e. The summed E-state index contributed by atoms with van der Waals surface area (Å²) in [5.41, 5.74) is 8.16. The molecule has 58 heavy (non-hydrogen) atoms. The van der Waals surface area contributed by atoms with Gasteiger partial charge in [-0.15, -0.1) is 0 Å². The molecule has 2 aliphatic rings. The van der Waals surface area contributed by atoms with Crippen LogP contribution in [0.15, 0.2) is 103 Å². The monoisotopic (exact) mass is 783 g/mol. The number of hydrogen-bond acceptors (Lipinski definition) is 7. The van der Waals surface area contributed by atoms with Crippen molar-refractivity contribution in [2.24, 2.45) is 5.16 Å². The fraction of sp³-hybridized carbons (Fsp3) is 0.383. The maximum absolute atomic E-state index is 12.5. The van der Waals surface area contributed by atoms with Gasteiger partial charge >= 0.3 is 5.97 Å². The van der Waals surface area contributed by atoms with Crippen LogP contribution in [0.3, 0.4) is 0 Å². The van der Waals surface area contributed by atoms with E-state index >= 15 is 0 Å². The summed E-state index contributed by atoms with van der Waals surface area (Å²) in [5.74, 6) is -0.321. The summed E-state index contributed by atoms with van der Waals surface area (Å²) in [6, 6.07) is 24.5. The van der Waals surface area contributed by atoms with Crippen LogP contribution < -0.4 is 10.2 Å². The summed E-state index contributed by atoms with van der Waals surface area (Å²) in [4.78, 5) is 46.5. The van der Waals surface area contributed by atoms with E-state index in [9.17, 15) is 14.7 Å². The largest absolute Gasteiger partial charge is 0.478 e. The molecule has 0 radical (unpaired) electrons. The second kappa shape index (κ2) is 22.1. The maximum atomic E-state index is 12.5. The number of rotatable bonds is 19. The molecule has 11 nitrogen and oxygen atoms in total. The molecule has 4 N–H and O–H groups in total. The van der Waals surface area contributed by atoms with Gasteiger partial charge in [-0.1, -0.05) is 118 Å². The molecule has 1 fully saturated rings. The van der Waals surface area contributed by atoms with Crippen molar-refractivity contribution in [3.05, 3.63) is 109 Å². The smallest absolute Gasteiger partial charge is 0.348 e. The Bertz CT molecular complexity index is 2030. The maximum Gasteiger partial charge on any atom is 0.348 e. The molecular weight excluding hydrogens is 727 g/mol. The van der Waals surface area contributed by atoms with Gasteiger partial charge in [-0.05, 0) is 60.7 Å². The molecule has 11 heteroatoms. The van der Waals surface area contributed by atoms with Gasteiger partial charge in [0.15, 0.2) is 0 Å². The van der Waals surface area contributed by atoms with E-state index in [1.807, 2.05) is 54.6 Å². The number of unbranched alkanes of at least 4 members (excludes halogenated alkanes) is 9. The van der Waals surface area contributed by atoms with Crippen LogP contribution in [0.25, 0.3) is 40.0 Å². The predicted octanol–water partition coefficient (Wildman–Crippen LogP) is 10.0. The number of carbonyl (C=O) groups excluding carboxylic acids is 1. The molecule has 3 aromatic carbocycles. The molecule has 0 aliphatic carbocycles. The Kier molecular flexibility index (Phi) is 15.9. The number of carbonyl (C=O) groups is 2. The van der Waals surface area contributed by atoms with Crippen molar-refractivity contribution in [1.82, 2.24) is 25.3 Å². The van der Waals surface area contributed by atoms with Crippen molar-refractivity contribution in [2.75, 3.05) is 24.5 Å². The number of hydrogen-bond donors (Lipinski definition) is 4. The summed E-state index contributed by atoms with van der Waals surface area (Å²) in [5, 5.41) is 16.3. The first-order chi connectivity index (χ1) is 28.5. The van der Waals surface area contributed by atoms with Crippen molar-refractivity contribution >= 4 is 29.4 Å².